The molecular weight excluding hydrogens is 502 g/mol. The molecule has 5 rings (SSSR count). The van der Waals surface area contributed by atoms with Gasteiger partial charge >= 0.3 is 22.7 Å². The maximum Gasteiger partial charge on any atom is 2.00 e. The monoisotopic (exact) mass is 526 g/mol. The zero-order valence-electron chi connectivity index (χ0n) is 19.5. The van der Waals surface area contributed by atoms with E-state index in [4.69, 9.17) is 14.1 Å². The fourth-order valence-corrected chi connectivity index (χ4v) is 3.94. The van der Waals surface area contributed by atoms with Gasteiger partial charge in [-0.25, -0.2) is 4.79 Å². The second-order valence-electron chi connectivity index (χ2n) is 8.31. The van der Waals surface area contributed by atoms with Gasteiger partial charge < -0.3 is 9.15 Å². The average molecular weight is 527 g/mol. The van der Waals surface area contributed by atoms with Crippen molar-refractivity contribution in [3.63, 3.8) is 0 Å². The molecule has 1 radical (unpaired) electrons. The quantitative estimate of drug-likeness (QED) is 0.190. The molecule has 0 atom stereocenters. The first-order valence-corrected chi connectivity index (χ1v) is 11.5. The van der Waals surface area contributed by atoms with Gasteiger partial charge in [-0.05, 0) is 48.0 Å². The van der Waals surface area contributed by atoms with Crippen LogP contribution >= 0.6 is 0 Å². The predicted octanol–water partition coefficient (Wildman–Crippen LogP) is 5.36. The molecule has 7 heteroatoms. The van der Waals surface area contributed by atoms with Crippen molar-refractivity contribution in [2.24, 2.45) is 0 Å². The third kappa shape index (κ3) is 6.89. The maximum atomic E-state index is 11.5. The number of aromatic nitrogens is 2. The summed E-state index contributed by atoms with van der Waals surface area (Å²) in [6.07, 6.45) is 1.82. The Kier molecular flexibility index (Phi) is 8.63. The smallest absolute Gasteiger partial charge is 0.487 e. The van der Waals surface area contributed by atoms with Crippen LogP contribution in [0.3, 0.4) is 0 Å². The minimum Gasteiger partial charge on any atom is -0.487 e. The van der Waals surface area contributed by atoms with Crippen LogP contribution in [0, 0.1) is 0 Å². The molecule has 0 spiro atoms. The molecule has 0 fully saturated rings. The first-order chi connectivity index (χ1) is 17.2. The van der Waals surface area contributed by atoms with Crippen molar-refractivity contribution in [3.05, 3.63) is 136 Å². The Morgan fingerprint density at radius 3 is 2.33 bits per heavy atom. The van der Waals surface area contributed by atoms with Crippen molar-refractivity contribution in [3.8, 4) is 5.75 Å². The van der Waals surface area contributed by atoms with E-state index in [1.807, 2.05) is 60.8 Å². The Morgan fingerprint density at radius 2 is 1.50 bits per heavy atom. The summed E-state index contributed by atoms with van der Waals surface area (Å²) in [6.45, 7) is 2.51. The van der Waals surface area contributed by atoms with Crippen molar-refractivity contribution >= 4 is 11.0 Å². The van der Waals surface area contributed by atoms with E-state index < -0.39 is 0 Å². The first-order valence-electron chi connectivity index (χ1n) is 11.5. The molecule has 183 valence electrons. The third-order valence-electron chi connectivity index (χ3n) is 5.59. The van der Waals surface area contributed by atoms with Gasteiger partial charge in [0.05, 0.1) is 17.1 Å². The molecule has 2 aromatic carbocycles. The summed E-state index contributed by atoms with van der Waals surface area (Å²) in [7, 11) is 0. The predicted molar refractivity (Wildman–Crippen MR) is 135 cm³/mol. The molecule has 0 saturated heterocycles. The van der Waals surface area contributed by atoms with Gasteiger partial charge in [-0.15, -0.1) is 0 Å². The minimum absolute atomic E-state index is 0. The van der Waals surface area contributed by atoms with Crippen LogP contribution in [-0.2, 0) is 43.3 Å². The van der Waals surface area contributed by atoms with Crippen LogP contribution in [-0.4, -0.2) is 14.9 Å². The van der Waals surface area contributed by atoms with Crippen LogP contribution in [0.5, 0.6) is 5.75 Å². The molecule has 3 aromatic heterocycles. The van der Waals surface area contributed by atoms with Crippen LogP contribution in [0.1, 0.15) is 22.6 Å². The van der Waals surface area contributed by atoms with Crippen LogP contribution in [0.15, 0.2) is 112 Å². The fraction of sp³-hybridized carbons (Fsp3) is 0.138. The molecule has 36 heavy (non-hydrogen) atoms. The molecule has 0 bridgehead atoms. The topological polar surface area (TPSA) is 68.5 Å². The zero-order chi connectivity index (χ0) is 23.9. The molecule has 0 amide bonds. The van der Waals surface area contributed by atoms with E-state index in [2.05, 4.69) is 34.1 Å². The van der Waals surface area contributed by atoms with Crippen molar-refractivity contribution in [2.45, 2.75) is 26.2 Å². The largest absolute Gasteiger partial charge is 2.00 e. The molecule has 0 aliphatic rings. The number of hydrogen-bond acceptors (Lipinski definition) is 6. The van der Waals surface area contributed by atoms with Gasteiger partial charge in [0.15, 0.2) is 0 Å². The molecule has 0 saturated carbocycles. The summed E-state index contributed by atoms with van der Waals surface area (Å²) < 4.78 is 11.2. The van der Waals surface area contributed by atoms with E-state index in [1.165, 1.54) is 11.6 Å². The van der Waals surface area contributed by atoms with Crippen molar-refractivity contribution in [1.29, 1.82) is 0 Å². The van der Waals surface area contributed by atoms with Gasteiger partial charge in [-0.1, -0.05) is 42.5 Å². The van der Waals surface area contributed by atoms with E-state index >= 15 is 0 Å². The van der Waals surface area contributed by atoms with Gasteiger partial charge in [0, 0.05) is 43.4 Å². The van der Waals surface area contributed by atoms with Crippen LogP contribution in [0.4, 0.5) is 0 Å². The Balaban J connectivity index is 0.00000304. The number of fused-ring (bicyclic) bond motifs is 1. The normalized spacial score (nSPS) is 10.8. The molecule has 0 aliphatic heterocycles. The minimum atomic E-state index is -0.380. The Morgan fingerprint density at radius 1 is 0.750 bits per heavy atom. The summed E-state index contributed by atoms with van der Waals surface area (Å²) >= 11 is 0. The number of benzene rings is 2. The second kappa shape index (κ2) is 12.3. The number of nitrogens with zero attached hydrogens (tertiary/aromatic N) is 3. The second-order valence-corrected chi connectivity index (χ2v) is 8.31. The summed E-state index contributed by atoms with van der Waals surface area (Å²) in [5.74, 6) is 0.625. The summed E-state index contributed by atoms with van der Waals surface area (Å²) in [5, 5.41) is 0.850. The molecule has 0 unspecified atom stereocenters. The molecule has 5 aromatic rings. The van der Waals surface area contributed by atoms with Crippen molar-refractivity contribution < 1.29 is 26.2 Å². The van der Waals surface area contributed by atoms with E-state index in [0.29, 0.717) is 24.5 Å². The number of pyridine rings is 2. The van der Waals surface area contributed by atoms with Gasteiger partial charge in [0.2, 0.25) is 0 Å². The van der Waals surface area contributed by atoms with Crippen molar-refractivity contribution in [1.82, 2.24) is 14.9 Å². The number of rotatable bonds is 9. The summed E-state index contributed by atoms with van der Waals surface area (Å²) in [5.41, 5.74) is 4.17. The number of ether oxygens (including phenoxy) is 1. The van der Waals surface area contributed by atoms with E-state index in [-0.39, 0.29) is 22.7 Å². The Hall–Kier alpha value is -3.77. The Labute approximate surface area is 220 Å². The van der Waals surface area contributed by atoms with E-state index in [9.17, 15) is 4.79 Å². The SMILES string of the molecule is O=c1ccc2ccc(OCc3cccc(CN(Cc4ccccc4)Cc4ccccn4)n3)cc2o1.[Cu+2]. The van der Waals surface area contributed by atoms with Gasteiger partial charge in [-0.2, -0.15) is 0 Å². The molecule has 6 nitrogen and oxygen atoms in total. The van der Waals surface area contributed by atoms with Gasteiger partial charge in [0.25, 0.3) is 0 Å². The van der Waals surface area contributed by atoms with Crippen LogP contribution in [0.2, 0.25) is 0 Å². The van der Waals surface area contributed by atoms with Gasteiger partial charge in [-0.3, -0.25) is 14.9 Å². The standard InChI is InChI=1S/C29H25N3O3.Cu/c33-29-15-13-23-12-14-27(17-28(23)35-29)34-21-26-11-6-10-25(31-26)20-32(18-22-7-2-1-3-8-22)19-24-9-4-5-16-30-24;/h1-17H,18-21H2;/q;+2. The summed E-state index contributed by atoms with van der Waals surface area (Å²) in [6, 6.07) is 31.0. The molecule has 0 aliphatic carbocycles. The fourth-order valence-electron chi connectivity index (χ4n) is 3.94. The van der Waals surface area contributed by atoms with Crippen molar-refractivity contribution in [2.75, 3.05) is 0 Å². The van der Waals surface area contributed by atoms with Gasteiger partial charge in [0.1, 0.15) is 17.9 Å². The molecule has 3 heterocycles. The summed E-state index contributed by atoms with van der Waals surface area (Å²) in [4.78, 5) is 23.2. The maximum absolute atomic E-state index is 11.5. The number of hydrogen-bond donors (Lipinski definition) is 0. The third-order valence-corrected chi connectivity index (χ3v) is 5.59. The van der Waals surface area contributed by atoms with E-state index in [1.54, 1.807) is 12.1 Å². The molecular formula is C29H25CuN3O3+2. The van der Waals surface area contributed by atoms with Crippen LogP contribution in [0.25, 0.3) is 11.0 Å². The molecule has 0 N–H and O–H groups in total. The van der Waals surface area contributed by atoms with E-state index in [0.717, 1.165) is 35.6 Å². The average Bonchev–Trinajstić information content (AvgIpc) is 2.88. The Bertz CT molecular complexity index is 1420. The van der Waals surface area contributed by atoms with Crippen LogP contribution < -0.4 is 10.4 Å². The zero-order valence-corrected chi connectivity index (χ0v) is 20.5. The first kappa shape index (κ1) is 25.3.